The Morgan fingerprint density at radius 2 is 2.35 bits per heavy atom. The maximum atomic E-state index is 11.8. The third kappa shape index (κ3) is 2.68. The molecule has 1 aromatic carbocycles. The fourth-order valence-electron chi connectivity index (χ4n) is 2.37. The van der Waals surface area contributed by atoms with Crippen molar-refractivity contribution in [1.82, 2.24) is 5.32 Å². The van der Waals surface area contributed by atoms with Crippen molar-refractivity contribution in [2.75, 3.05) is 19.7 Å². The zero-order chi connectivity index (χ0) is 14.4. The van der Waals surface area contributed by atoms with Crippen LogP contribution >= 0.6 is 0 Å². The van der Waals surface area contributed by atoms with Gasteiger partial charge in [-0.15, -0.1) is 0 Å². The van der Waals surface area contributed by atoms with Gasteiger partial charge in [0.05, 0.1) is 6.61 Å². The smallest absolute Gasteiger partial charge is 0.328 e. The van der Waals surface area contributed by atoms with Crippen LogP contribution in [0.1, 0.15) is 18.4 Å². The molecule has 1 atom stereocenters. The number of fused-ring (bicyclic) bond motifs is 1. The van der Waals surface area contributed by atoms with Gasteiger partial charge >= 0.3 is 5.97 Å². The van der Waals surface area contributed by atoms with Crippen LogP contribution < -0.4 is 10.1 Å². The van der Waals surface area contributed by atoms with Gasteiger partial charge in [-0.3, -0.25) is 5.32 Å². The van der Waals surface area contributed by atoms with E-state index >= 15 is 0 Å². The molecule has 0 saturated carbocycles. The Bertz CT molecular complexity index is 542. The van der Waals surface area contributed by atoms with Gasteiger partial charge in [0.25, 0.3) is 0 Å². The Balaban J connectivity index is 2.18. The monoisotopic (exact) mass is 276 g/mol. The van der Waals surface area contributed by atoms with E-state index in [1.807, 2.05) is 6.07 Å². The van der Waals surface area contributed by atoms with E-state index < -0.39 is 11.5 Å². The normalized spacial score (nSPS) is 20.4. The first-order valence-electron chi connectivity index (χ1n) is 6.42. The number of ether oxygens (including phenoxy) is 1. The largest absolute Gasteiger partial charge is 0.493 e. The molecule has 0 bridgehead atoms. The minimum atomic E-state index is -1.13. The highest BCUT2D eigenvalue weighted by Gasteiger charge is 2.44. The molecule has 0 fully saturated rings. The van der Waals surface area contributed by atoms with Crippen LogP contribution in [-0.2, 0) is 10.3 Å². The molecular formula is C13H16N4O3. The molecule has 7 heteroatoms. The molecular weight excluding hydrogens is 260 g/mol. The summed E-state index contributed by atoms with van der Waals surface area (Å²) in [6.07, 6.45) is 0.947. The number of nitrogens with one attached hydrogen (secondary N) is 1. The molecule has 0 aliphatic carbocycles. The lowest BCUT2D eigenvalue weighted by Gasteiger charge is -2.36. The Morgan fingerprint density at radius 1 is 1.55 bits per heavy atom. The predicted octanol–water partition coefficient (Wildman–Crippen LogP) is 2.04. The zero-order valence-electron chi connectivity index (χ0n) is 11.0. The Labute approximate surface area is 116 Å². The quantitative estimate of drug-likeness (QED) is 0.358. The van der Waals surface area contributed by atoms with E-state index in [2.05, 4.69) is 15.3 Å². The summed E-state index contributed by atoms with van der Waals surface area (Å²) in [5.41, 5.74) is 7.72. The molecule has 106 valence electrons. The summed E-state index contributed by atoms with van der Waals surface area (Å²) in [4.78, 5) is 14.4. The number of hydrogen-bond acceptors (Lipinski definition) is 4. The Kier molecular flexibility index (Phi) is 4.45. The molecule has 0 amide bonds. The van der Waals surface area contributed by atoms with E-state index in [0.29, 0.717) is 43.9 Å². The van der Waals surface area contributed by atoms with Gasteiger partial charge in [-0.05, 0) is 24.6 Å². The number of aliphatic carboxylic acids is 1. The van der Waals surface area contributed by atoms with Crippen molar-refractivity contribution >= 4 is 5.97 Å². The number of nitrogens with zero attached hydrogens (tertiary/aromatic N) is 3. The lowest BCUT2D eigenvalue weighted by molar-refractivity contribution is -0.146. The number of rotatable bonds is 6. The molecule has 2 N–H and O–H groups in total. The molecule has 1 aliphatic heterocycles. The summed E-state index contributed by atoms with van der Waals surface area (Å²) in [7, 11) is 0. The minimum absolute atomic E-state index is 0.345. The number of para-hydroxylation sites is 1. The van der Waals surface area contributed by atoms with Crippen molar-refractivity contribution < 1.29 is 14.6 Å². The molecule has 1 aromatic rings. The van der Waals surface area contributed by atoms with Gasteiger partial charge in [-0.1, -0.05) is 23.3 Å². The second-order valence-electron chi connectivity index (χ2n) is 4.54. The fraction of sp³-hybridized carbons (Fsp3) is 0.462. The van der Waals surface area contributed by atoms with Gasteiger partial charge in [0.2, 0.25) is 0 Å². The van der Waals surface area contributed by atoms with Gasteiger partial charge in [-0.25, -0.2) is 4.79 Å². The fourth-order valence-corrected chi connectivity index (χ4v) is 2.37. The van der Waals surface area contributed by atoms with Crippen molar-refractivity contribution in [3.05, 3.63) is 40.3 Å². The van der Waals surface area contributed by atoms with Crippen molar-refractivity contribution in [3.63, 3.8) is 0 Å². The van der Waals surface area contributed by atoms with Crippen LogP contribution in [0.4, 0.5) is 0 Å². The van der Waals surface area contributed by atoms with E-state index in [4.69, 9.17) is 10.3 Å². The molecule has 0 spiro atoms. The van der Waals surface area contributed by atoms with Crippen LogP contribution in [0.5, 0.6) is 5.75 Å². The number of hydrogen-bond donors (Lipinski definition) is 2. The summed E-state index contributed by atoms with van der Waals surface area (Å²) >= 11 is 0. The number of carboxylic acids is 1. The highest BCUT2D eigenvalue weighted by atomic mass is 16.5. The van der Waals surface area contributed by atoms with Crippen LogP contribution in [0.2, 0.25) is 0 Å². The van der Waals surface area contributed by atoms with E-state index in [1.165, 1.54) is 0 Å². The van der Waals surface area contributed by atoms with Crippen LogP contribution in [0.25, 0.3) is 10.4 Å². The van der Waals surface area contributed by atoms with Crippen molar-refractivity contribution in [2.45, 2.75) is 18.4 Å². The lowest BCUT2D eigenvalue weighted by Crippen LogP contribution is -2.52. The third-order valence-corrected chi connectivity index (χ3v) is 3.37. The Morgan fingerprint density at radius 3 is 3.10 bits per heavy atom. The van der Waals surface area contributed by atoms with Gasteiger partial charge in [0.15, 0.2) is 0 Å². The topological polar surface area (TPSA) is 107 Å². The standard InChI is InChI=1S/C13H16N4O3/c14-17-16-8-3-7-15-13(12(18)19)6-9-20-11-5-2-1-4-10(11)13/h1-2,4-5,15H,3,6-9H2,(H,18,19). The first-order valence-corrected chi connectivity index (χ1v) is 6.42. The number of azide groups is 1. The summed E-state index contributed by atoms with van der Waals surface area (Å²) in [6, 6.07) is 7.15. The molecule has 1 aliphatic rings. The lowest BCUT2D eigenvalue weighted by atomic mass is 9.84. The molecule has 0 aromatic heterocycles. The third-order valence-electron chi connectivity index (χ3n) is 3.37. The minimum Gasteiger partial charge on any atom is -0.493 e. The summed E-state index contributed by atoms with van der Waals surface area (Å²) in [5, 5.41) is 16.2. The van der Waals surface area contributed by atoms with Crippen molar-refractivity contribution in [3.8, 4) is 5.75 Å². The molecule has 0 saturated heterocycles. The van der Waals surface area contributed by atoms with Gasteiger partial charge in [0.1, 0.15) is 11.3 Å². The molecule has 20 heavy (non-hydrogen) atoms. The highest BCUT2D eigenvalue weighted by Crippen LogP contribution is 2.37. The number of carboxylic acid groups (broad SMARTS) is 1. The average Bonchev–Trinajstić information content (AvgIpc) is 2.47. The van der Waals surface area contributed by atoms with Gasteiger partial charge in [0, 0.05) is 23.4 Å². The van der Waals surface area contributed by atoms with E-state index in [9.17, 15) is 9.90 Å². The summed E-state index contributed by atoms with van der Waals surface area (Å²) in [6.45, 7) is 1.16. The Hall–Kier alpha value is -2.24. The zero-order valence-corrected chi connectivity index (χ0v) is 11.0. The van der Waals surface area contributed by atoms with Gasteiger partial charge < -0.3 is 9.84 Å². The SMILES string of the molecule is [N-]=[N+]=NCCCNC1(C(=O)O)CCOc2ccccc21. The first kappa shape index (κ1) is 14.2. The summed E-state index contributed by atoms with van der Waals surface area (Å²) < 4.78 is 5.50. The molecule has 1 unspecified atom stereocenters. The second kappa shape index (κ2) is 6.27. The highest BCUT2D eigenvalue weighted by molar-refractivity contribution is 5.82. The summed E-state index contributed by atoms with van der Waals surface area (Å²) in [5.74, 6) is -0.319. The molecule has 0 radical (unpaired) electrons. The van der Waals surface area contributed by atoms with Crippen LogP contribution in [0.3, 0.4) is 0 Å². The molecule has 1 heterocycles. The van der Waals surface area contributed by atoms with E-state index in [0.717, 1.165) is 0 Å². The van der Waals surface area contributed by atoms with Crippen LogP contribution in [0.15, 0.2) is 29.4 Å². The van der Waals surface area contributed by atoms with Gasteiger partial charge in [-0.2, -0.15) is 0 Å². The molecule has 2 rings (SSSR count). The first-order chi connectivity index (χ1) is 9.70. The van der Waals surface area contributed by atoms with Crippen LogP contribution in [-0.4, -0.2) is 30.8 Å². The van der Waals surface area contributed by atoms with E-state index in [1.54, 1.807) is 18.2 Å². The van der Waals surface area contributed by atoms with Crippen molar-refractivity contribution in [1.29, 1.82) is 0 Å². The predicted molar refractivity (Wildman–Crippen MR) is 72.5 cm³/mol. The second-order valence-corrected chi connectivity index (χ2v) is 4.54. The van der Waals surface area contributed by atoms with Crippen LogP contribution in [0, 0.1) is 0 Å². The maximum Gasteiger partial charge on any atom is 0.328 e. The maximum absolute atomic E-state index is 11.8. The number of benzene rings is 1. The average molecular weight is 276 g/mol. The van der Waals surface area contributed by atoms with Crippen molar-refractivity contribution in [2.24, 2.45) is 5.11 Å². The van der Waals surface area contributed by atoms with E-state index in [-0.39, 0.29) is 0 Å². The number of carbonyl (C=O) groups is 1. The molecule has 7 nitrogen and oxygen atoms in total.